The van der Waals surface area contributed by atoms with E-state index in [2.05, 4.69) is 39.9 Å². The number of benzene rings is 1. The first-order valence-corrected chi connectivity index (χ1v) is 10.0. The minimum absolute atomic E-state index is 0.278. The molecule has 2 N–H and O–H groups in total. The van der Waals surface area contributed by atoms with Gasteiger partial charge in [0.15, 0.2) is 5.96 Å². The zero-order valence-corrected chi connectivity index (χ0v) is 15.9. The van der Waals surface area contributed by atoms with Crippen molar-refractivity contribution in [3.63, 3.8) is 0 Å². The van der Waals surface area contributed by atoms with Crippen LogP contribution < -0.4 is 10.6 Å². The van der Waals surface area contributed by atoms with Gasteiger partial charge in [-0.3, -0.25) is 9.79 Å². The second-order valence-electron chi connectivity index (χ2n) is 7.61. The Bertz CT molecular complexity index is 597. The maximum atomic E-state index is 12.3. The number of likely N-dealkylation sites (tertiary alicyclic amines) is 1. The van der Waals surface area contributed by atoms with E-state index in [1.807, 2.05) is 18.0 Å². The monoisotopic (exact) mass is 356 g/mol. The second-order valence-corrected chi connectivity index (χ2v) is 7.61. The van der Waals surface area contributed by atoms with Gasteiger partial charge in [0.05, 0.1) is 0 Å². The predicted octanol–water partition coefficient (Wildman–Crippen LogP) is 2.43. The Labute approximate surface area is 157 Å². The number of nitrogens with one attached hydrogen (secondary N) is 2. The van der Waals surface area contributed by atoms with E-state index in [4.69, 9.17) is 0 Å². The highest BCUT2D eigenvalue weighted by atomic mass is 16.2. The van der Waals surface area contributed by atoms with Crippen LogP contribution >= 0.6 is 0 Å². The van der Waals surface area contributed by atoms with Gasteiger partial charge in [-0.1, -0.05) is 43.2 Å². The molecule has 3 rings (SSSR count). The number of carbonyl (C=O) groups excluding carboxylic acids is 1. The van der Waals surface area contributed by atoms with Gasteiger partial charge in [-0.15, -0.1) is 0 Å². The highest BCUT2D eigenvalue weighted by Crippen LogP contribution is 2.33. The molecule has 0 spiro atoms. The van der Waals surface area contributed by atoms with Crippen molar-refractivity contribution in [1.82, 2.24) is 15.5 Å². The van der Waals surface area contributed by atoms with Gasteiger partial charge in [0.1, 0.15) is 0 Å². The minimum Gasteiger partial charge on any atom is -0.356 e. The molecule has 1 unspecified atom stereocenters. The number of guanidine groups is 1. The second kappa shape index (κ2) is 9.60. The van der Waals surface area contributed by atoms with Gasteiger partial charge in [0.25, 0.3) is 0 Å². The Balaban J connectivity index is 1.33. The molecule has 1 saturated heterocycles. The van der Waals surface area contributed by atoms with Crippen LogP contribution in [0.1, 0.15) is 37.7 Å². The Hall–Kier alpha value is -2.04. The lowest BCUT2D eigenvalue weighted by atomic mass is 10.1. The SMILES string of the molecule is CN=C(NCCCC1CC1)NCC1CC(=O)N(CCc2ccccc2)C1. The summed E-state index contributed by atoms with van der Waals surface area (Å²) in [7, 11) is 1.81. The normalized spacial score (nSPS) is 20.5. The summed E-state index contributed by atoms with van der Waals surface area (Å²) in [5, 5.41) is 6.78. The van der Waals surface area contributed by atoms with Gasteiger partial charge in [-0.25, -0.2) is 0 Å². The molecular weight excluding hydrogens is 324 g/mol. The van der Waals surface area contributed by atoms with Gasteiger partial charge < -0.3 is 15.5 Å². The van der Waals surface area contributed by atoms with Gasteiger partial charge in [0, 0.05) is 45.6 Å². The van der Waals surface area contributed by atoms with Crippen LogP contribution in [0, 0.1) is 11.8 Å². The number of rotatable bonds is 9. The summed E-state index contributed by atoms with van der Waals surface area (Å²) in [6.45, 7) is 3.43. The largest absolute Gasteiger partial charge is 0.356 e. The van der Waals surface area contributed by atoms with Crippen LogP contribution in [0.4, 0.5) is 0 Å². The fourth-order valence-corrected chi connectivity index (χ4v) is 3.58. The van der Waals surface area contributed by atoms with Crippen molar-refractivity contribution in [1.29, 1.82) is 0 Å². The molecule has 1 aromatic carbocycles. The summed E-state index contributed by atoms with van der Waals surface area (Å²) in [6, 6.07) is 10.4. The fraction of sp³-hybridized carbons (Fsp3) is 0.619. The van der Waals surface area contributed by atoms with Gasteiger partial charge in [-0.05, 0) is 30.7 Å². The Kier molecular flexibility index (Phi) is 6.92. The number of hydrogen-bond acceptors (Lipinski definition) is 2. The lowest BCUT2D eigenvalue weighted by Crippen LogP contribution is -2.40. The molecule has 1 amide bonds. The number of amides is 1. The summed E-state index contributed by atoms with van der Waals surface area (Å²) in [5.74, 6) is 2.48. The highest BCUT2D eigenvalue weighted by molar-refractivity contribution is 5.80. The van der Waals surface area contributed by atoms with E-state index in [0.717, 1.165) is 44.5 Å². The molecule has 142 valence electrons. The quantitative estimate of drug-likeness (QED) is 0.406. The third-order valence-electron chi connectivity index (χ3n) is 5.37. The number of carbonyl (C=O) groups is 1. The van der Waals surface area contributed by atoms with Crippen LogP contribution in [-0.4, -0.2) is 50.0 Å². The number of hydrogen-bond donors (Lipinski definition) is 2. The first kappa shape index (κ1) is 18.7. The van der Waals surface area contributed by atoms with Crippen molar-refractivity contribution < 1.29 is 4.79 Å². The molecule has 1 aromatic rings. The van der Waals surface area contributed by atoms with Gasteiger partial charge >= 0.3 is 0 Å². The van der Waals surface area contributed by atoms with E-state index in [9.17, 15) is 4.79 Å². The molecule has 2 aliphatic rings. The van der Waals surface area contributed by atoms with Gasteiger partial charge in [0.2, 0.25) is 5.91 Å². The topological polar surface area (TPSA) is 56.7 Å². The summed E-state index contributed by atoms with van der Waals surface area (Å²) < 4.78 is 0. The van der Waals surface area contributed by atoms with Crippen molar-refractivity contribution >= 4 is 11.9 Å². The number of aliphatic imine (C=N–C) groups is 1. The van der Waals surface area contributed by atoms with E-state index >= 15 is 0 Å². The van der Waals surface area contributed by atoms with Crippen molar-refractivity contribution in [2.24, 2.45) is 16.8 Å². The molecule has 1 aliphatic carbocycles. The molecule has 0 aromatic heterocycles. The molecule has 2 fully saturated rings. The maximum Gasteiger partial charge on any atom is 0.223 e. The van der Waals surface area contributed by atoms with Crippen molar-refractivity contribution in [2.45, 2.75) is 38.5 Å². The van der Waals surface area contributed by atoms with Crippen LogP contribution in [0.15, 0.2) is 35.3 Å². The molecular formula is C21H32N4O. The standard InChI is InChI=1S/C21H32N4O/c1-22-21(23-12-5-8-18-9-10-18)24-15-19-14-20(26)25(16-19)13-11-17-6-3-2-4-7-17/h2-4,6-7,18-19H,5,8-16H2,1H3,(H2,22,23,24). The van der Waals surface area contributed by atoms with Crippen molar-refractivity contribution in [3.8, 4) is 0 Å². The molecule has 26 heavy (non-hydrogen) atoms. The minimum atomic E-state index is 0.278. The average molecular weight is 357 g/mol. The average Bonchev–Trinajstić information content (AvgIpc) is 3.42. The zero-order valence-electron chi connectivity index (χ0n) is 15.9. The van der Waals surface area contributed by atoms with E-state index in [-0.39, 0.29) is 5.91 Å². The first-order valence-electron chi connectivity index (χ1n) is 10.0. The van der Waals surface area contributed by atoms with Crippen molar-refractivity contribution in [3.05, 3.63) is 35.9 Å². The summed E-state index contributed by atoms with van der Waals surface area (Å²) in [6.07, 6.45) is 6.95. The summed E-state index contributed by atoms with van der Waals surface area (Å²) >= 11 is 0. The zero-order chi connectivity index (χ0) is 18.2. The predicted molar refractivity (Wildman–Crippen MR) is 106 cm³/mol. The molecule has 5 nitrogen and oxygen atoms in total. The summed E-state index contributed by atoms with van der Waals surface area (Å²) in [5.41, 5.74) is 1.29. The summed E-state index contributed by atoms with van der Waals surface area (Å²) in [4.78, 5) is 18.5. The Morgan fingerprint density at radius 1 is 1.19 bits per heavy atom. The van der Waals surface area contributed by atoms with E-state index in [0.29, 0.717) is 12.3 Å². The molecule has 1 aliphatic heterocycles. The van der Waals surface area contributed by atoms with Crippen LogP contribution in [0.25, 0.3) is 0 Å². The Morgan fingerprint density at radius 3 is 2.73 bits per heavy atom. The van der Waals surface area contributed by atoms with E-state index in [1.54, 1.807) is 0 Å². The maximum absolute atomic E-state index is 12.3. The van der Waals surface area contributed by atoms with Crippen LogP contribution in [0.5, 0.6) is 0 Å². The molecule has 5 heteroatoms. The molecule has 0 radical (unpaired) electrons. The fourth-order valence-electron chi connectivity index (χ4n) is 3.58. The first-order chi connectivity index (χ1) is 12.7. The Morgan fingerprint density at radius 2 is 2.00 bits per heavy atom. The molecule has 1 heterocycles. The number of nitrogens with zero attached hydrogens (tertiary/aromatic N) is 2. The van der Waals surface area contributed by atoms with Crippen LogP contribution in [0.2, 0.25) is 0 Å². The lowest BCUT2D eigenvalue weighted by molar-refractivity contribution is -0.127. The van der Waals surface area contributed by atoms with Crippen LogP contribution in [0.3, 0.4) is 0 Å². The van der Waals surface area contributed by atoms with Crippen LogP contribution in [-0.2, 0) is 11.2 Å². The third kappa shape index (κ3) is 6.04. The molecule has 0 bridgehead atoms. The third-order valence-corrected chi connectivity index (χ3v) is 5.37. The van der Waals surface area contributed by atoms with E-state index < -0.39 is 0 Å². The highest BCUT2D eigenvalue weighted by Gasteiger charge is 2.29. The van der Waals surface area contributed by atoms with E-state index in [1.165, 1.54) is 31.2 Å². The molecule has 1 saturated carbocycles. The lowest BCUT2D eigenvalue weighted by Gasteiger charge is -2.18. The smallest absolute Gasteiger partial charge is 0.223 e. The van der Waals surface area contributed by atoms with Gasteiger partial charge in [-0.2, -0.15) is 0 Å². The molecule has 1 atom stereocenters. The van der Waals surface area contributed by atoms with Crippen molar-refractivity contribution in [2.75, 3.05) is 33.2 Å².